The number of nitrogens with zero attached hydrogens (tertiary/aromatic N) is 1. The van der Waals surface area contributed by atoms with Crippen LogP contribution in [0.4, 0.5) is 0 Å². The highest BCUT2D eigenvalue weighted by molar-refractivity contribution is 5.73. The molecule has 4 N–H and O–H groups in total. The maximum absolute atomic E-state index is 10.4. The molecule has 1 aromatic rings. The summed E-state index contributed by atoms with van der Waals surface area (Å²) in [4.78, 5) is 17.5. The number of carbonyl (C=O) groups excluding carboxylic acids is 1. The van der Waals surface area contributed by atoms with Crippen LogP contribution in [-0.4, -0.2) is 22.4 Å². The number of hydrogen-bond acceptors (Lipinski definition) is 3. The van der Waals surface area contributed by atoms with E-state index >= 15 is 0 Å². The van der Waals surface area contributed by atoms with Crippen molar-refractivity contribution < 1.29 is 4.79 Å². The van der Waals surface area contributed by atoms with Crippen LogP contribution in [0.2, 0.25) is 0 Å². The molecular formula is C8H14N4O. The quantitative estimate of drug-likeness (QED) is 0.546. The Morgan fingerprint density at radius 1 is 1.77 bits per heavy atom. The lowest BCUT2D eigenvalue weighted by Gasteiger charge is -2.00. The fraction of sp³-hybridized carbons (Fsp3) is 0.500. The summed E-state index contributed by atoms with van der Waals surface area (Å²) in [6.07, 6.45) is 2.02. The lowest BCUT2D eigenvalue weighted by Crippen LogP contribution is -2.22. The summed E-state index contributed by atoms with van der Waals surface area (Å²) in [7, 11) is 0. The zero-order valence-electron chi connectivity index (χ0n) is 7.63. The average Bonchev–Trinajstić information content (AvgIpc) is 2.45. The van der Waals surface area contributed by atoms with E-state index in [9.17, 15) is 4.79 Å². The van der Waals surface area contributed by atoms with Gasteiger partial charge in [0.15, 0.2) is 0 Å². The smallest absolute Gasteiger partial charge is 0.218 e. The number of carbonyl (C=O) groups is 1. The second-order valence-corrected chi connectivity index (χ2v) is 2.87. The van der Waals surface area contributed by atoms with Crippen molar-refractivity contribution in [3.8, 4) is 0 Å². The second-order valence-electron chi connectivity index (χ2n) is 2.87. The van der Waals surface area contributed by atoms with Gasteiger partial charge >= 0.3 is 0 Å². The van der Waals surface area contributed by atoms with Gasteiger partial charge in [-0.25, -0.2) is 4.98 Å². The maximum atomic E-state index is 10.4. The van der Waals surface area contributed by atoms with Crippen molar-refractivity contribution in [1.29, 1.82) is 0 Å². The summed E-state index contributed by atoms with van der Waals surface area (Å²) in [6, 6.07) is 0. The van der Waals surface area contributed by atoms with Crippen molar-refractivity contribution in [2.45, 2.75) is 19.9 Å². The number of aromatic nitrogens is 2. The van der Waals surface area contributed by atoms with Crippen LogP contribution in [0.5, 0.6) is 0 Å². The van der Waals surface area contributed by atoms with Gasteiger partial charge in [0.1, 0.15) is 0 Å². The highest BCUT2D eigenvalue weighted by Gasteiger charge is 1.99. The molecule has 5 heteroatoms. The zero-order valence-corrected chi connectivity index (χ0v) is 7.63. The van der Waals surface area contributed by atoms with E-state index in [1.807, 2.05) is 6.92 Å². The normalized spacial score (nSPS) is 10.2. The summed E-state index contributed by atoms with van der Waals surface area (Å²) in [5.41, 5.74) is 7.01. The summed E-state index contributed by atoms with van der Waals surface area (Å²) < 4.78 is 0. The second kappa shape index (κ2) is 4.61. The number of aryl methyl sites for hydroxylation is 1. The molecule has 72 valence electrons. The summed E-state index contributed by atoms with van der Waals surface area (Å²) in [5, 5.41) is 3.08. The van der Waals surface area contributed by atoms with Gasteiger partial charge in [0.05, 0.1) is 12.0 Å². The van der Waals surface area contributed by atoms with Crippen LogP contribution < -0.4 is 11.1 Å². The number of hydrogen-bond donors (Lipinski definition) is 3. The first-order valence-electron chi connectivity index (χ1n) is 4.18. The van der Waals surface area contributed by atoms with Crippen molar-refractivity contribution >= 4 is 5.91 Å². The van der Waals surface area contributed by atoms with Crippen LogP contribution in [0.25, 0.3) is 0 Å². The first-order valence-corrected chi connectivity index (χ1v) is 4.18. The highest BCUT2D eigenvalue weighted by Crippen LogP contribution is 1.98. The number of nitrogens with two attached hydrogens (primary N) is 1. The van der Waals surface area contributed by atoms with Gasteiger partial charge in [-0.3, -0.25) is 4.79 Å². The number of amides is 1. The molecule has 0 unspecified atom stereocenters. The van der Waals surface area contributed by atoms with Crippen molar-refractivity contribution in [3.63, 3.8) is 0 Å². The Hall–Kier alpha value is -1.36. The molecule has 0 aliphatic rings. The molecule has 0 atom stereocenters. The lowest BCUT2D eigenvalue weighted by atomic mass is 10.3. The standard InChI is InChI=1S/C8H14N4O/c1-6-7(12-5-11-6)4-10-3-2-8(9)13/h5,10H,2-4H2,1H3,(H2,9,13)(H,11,12). The highest BCUT2D eigenvalue weighted by atomic mass is 16.1. The van der Waals surface area contributed by atoms with Gasteiger partial charge in [0, 0.05) is 25.2 Å². The van der Waals surface area contributed by atoms with E-state index in [0.29, 0.717) is 19.5 Å². The lowest BCUT2D eigenvalue weighted by molar-refractivity contribution is -0.117. The largest absolute Gasteiger partial charge is 0.370 e. The van der Waals surface area contributed by atoms with Crippen molar-refractivity contribution in [1.82, 2.24) is 15.3 Å². The van der Waals surface area contributed by atoms with Crippen LogP contribution >= 0.6 is 0 Å². The Morgan fingerprint density at radius 3 is 3.08 bits per heavy atom. The number of nitrogens with one attached hydrogen (secondary N) is 2. The molecule has 0 bridgehead atoms. The number of imidazole rings is 1. The fourth-order valence-electron chi connectivity index (χ4n) is 0.984. The molecule has 1 rings (SSSR count). The third-order valence-corrected chi connectivity index (χ3v) is 1.77. The Bertz CT molecular complexity index is 281. The molecule has 0 saturated carbocycles. The third kappa shape index (κ3) is 3.25. The van der Waals surface area contributed by atoms with Crippen LogP contribution in [0, 0.1) is 6.92 Å². The van der Waals surface area contributed by atoms with Crippen molar-refractivity contribution in [3.05, 3.63) is 17.7 Å². The van der Waals surface area contributed by atoms with Gasteiger partial charge in [0.25, 0.3) is 0 Å². The molecule has 0 radical (unpaired) electrons. The molecule has 1 aromatic heterocycles. The topological polar surface area (TPSA) is 83.8 Å². The fourth-order valence-corrected chi connectivity index (χ4v) is 0.984. The minimum atomic E-state index is -0.286. The summed E-state index contributed by atoms with van der Waals surface area (Å²) in [6.45, 7) is 3.22. The predicted octanol–water partition coefficient (Wildman–Crippen LogP) is -0.317. The molecule has 0 spiro atoms. The van der Waals surface area contributed by atoms with Crippen molar-refractivity contribution in [2.75, 3.05) is 6.54 Å². The molecule has 0 aromatic carbocycles. The molecule has 1 amide bonds. The van der Waals surface area contributed by atoms with E-state index in [4.69, 9.17) is 5.73 Å². The minimum Gasteiger partial charge on any atom is -0.370 e. The first-order chi connectivity index (χ1) is 6.20. The van der Waals surface area contributed by atoms with Crippen LogP contribution in [0.1, 0.15) is 17.8 Å². The molecule has 13 heavy (non-hydrogen) atoms. The summed E-state index contributed by atoms with van der Waals surface area (Å²) in [5.74, 6) is -0.286. The number of rotatable bonds is 5. The molecule has 0 aliphatic carbocycles. The number of primary amides is 1. The van der Waals surface area contributed by atoms with E-state index in [1.165, 1.54) is 0 Å². The first kappa shape index (κ1) is 9.73. The van der Waals surface area contributed by atoms with Gasteiger partial charge in [0.2, 0.25) is 5.91 Å². The Kier molecular flexibility index (Phi) is 3.45. The van der Waals surface area contributed by atoms with Crippen molar-refractivity contribution in [2.24, 2.45) is 5.73 Å². The molecular weight excluding hydrogens is 168 g/mol. The van der Waals surface area contributed by atoms with Crippen LogP contribution in [-0.2, 0) is 11.3 Å². The molecule has 1 heterocycles. The Labute approximate surface area is 76.7 Å². The number of aromatic amines is 1. The molecule has 0 aliphatic heterocycles. The molecule has 0 saturated heterocycles. The van der Waals surface area contributed by atoms with E-state index in [2.05, 4.69) is 15.3 Å². The van der Waals surface area contributed by atoms with Gasteiger partial charge < -0.3 is 16.0 Å². The number of H-pyrrole nitrogens is 1. The van der Waals surface area contributed by atoms with Gasteiger partial charge in [-0.05, 0) is 6.92 Å². The van der Waals surface area contributed by atoms with E-state index < -0.39 is 0 Å². The Balaban J connectivity index is 2.20. The van der Waals surface area contributed by atoms with Gasteiger partial charge in [-0.2, -0.15) is 0 Å². The van der Waals surface area contributed by atoms with Gasteiger partial charge in [-0.15, -0.1) is 0 Å². The molecule has 5 nitrogen and oxygen atoms in total. The average molecular weight is 182 g/mol. The van der Waals surface area contributed by atoms with Crippen LogP contribution in [0.3, 0.4) is 0 Å². The maximum Gasteiger partial charge on any atom is 0.218 e. The monoisotopic (exact) mass is 182 g/mol. The Morgan fingerprint density at radius 2 is 2.54 bits per heavy atom. The third-order valence-electron chi connectivity index (χ3n) is 1.77. The van der Waals surface area contributed by atoms with Crippen LogP contribution in [0.15, 0.2) is 6.33 Å². The van der Waals surface area contributed by atoms with E-state index in [-0.39, 0.29) is 5.91 Å². The molecule has 0 fully saturated rings. The summed E-state index contributed by atoms with van der Waals surface area (Å²) >= 11 is 0. The van der Waals surface area contributed by atoms with E-state index in [0.717, 1.165) is 11.4 Å². The predicted molar refractivity (Wildman–Crippen MR) is 48.8 cm³/mol. The SMILES string of the molecule is Cc1[nH]cnc1CNCCC(N)=O. The van der Waals surface area contributed by atoms with Gasteiger partial charge in [-0.1, -0.05) is 0 Å². The minimum absolute atomic E-state index is 0.286. The zero-order chi connectivity index (χ0) is 9.68. The van der Waals surface area contributed by atoms with E-state index in [1.54, 1.807) is 6.33 Å².